The Morgan fingerprint density at radius 3 is 2.53 bits per heavy atom. The quantitative estimate of drug-likeness (QED) is 0.351. The molecule has 0 aliphatic rings. The van der Waals surface area contributed by atoms with Crippen molar-refractivity contribution < 1.29 is 19.1 Å². The highest BCUT2D eigenvalue weighted by Crippen LogP contribution is 2.33. The lowest BCUT2D eigenvalue weighted by Crippen LogP contribution is -2.18. The Balaban J connectivity index is 2.02. The van der Waals surface area contributed by atoms with E-state index in [4.69, 9.17) is 9.47 Å². The predicted molar refractivity (Wildman–Crippen MR) is 146 cm³/mol. The largest absolute Gasteiger partial charge is 0.491 e. The van der Waals surface area contributed by atoms with Gasteiger partial charge >= 0.3 is 6.09 Å². The van der Waals surface area contributed by atoms with Gasteiger partial charge in [0.25, 0.3) is 0 Å². The maximum atomic E-state index is 12.2. The summed E-state index contributed by atoms with van der Waals surface area (Å²) in [6.45, 7) is 13.5. The minimum atomic E-state index is -0.628. The first-order valence-electron chi connectivity index (χ1n) is 12.4. The van der Waals surface area contributed by atoms with Crippen molar-refractivity contribution in [2.24, 2.45) is 16.3 Å². The molecule has 1 aromatic heterocycles. The Labute approximate surface area is 217 Å². The van der Waals surface area contributed by atoms with Crippen LogP contribution < -0.4 is 14.9 Å². The lowest BCUT2D eigenvalue weighted by atomic mass is 9.84. The Hall–Kier alpha value is -3.13. The highest BCUT2D eigenvalue weighted by Gasteiger charge is 2.17. The van der Waals surface area contributed by atoms with E-state index in [0.29, 0.717) is 35.3 Å². The van der Waals surface area contributed by atoms with Crippen LogP contribution in [0, 0.1) is 11.3 Å². The number of hydrogen-bond donors (Lipinski definition) is 1. The zero-order chi connectivity index (χ0) is 26.3. The number of hydrogen-bond acceptors (Lipinski definition) is 5. The van der Waals surface area contributed by atoms with E-state index in [1.807, 2.05) is 47.0 Å². The summed E-state index contributed by atoms with van der Waals surface area (Å²) in [7, 11) is 0. The van der Waals surface area contributed by atoms with Crippen molar-refractivity contribution in [1.82, 2.24) is 4.57 Å². The van der Waals surface area contributed by atoms with Gasteiger partial charge in [-0.15, -0.1) is 4.99 Å². The molecule has 0 spiro atoms. The third-order valence-electron chi connectivity index (χ3n) is 5.56. The van der Waals surface area contributed by atoms with Gasteiger partial charge in [0, 0.05) is 13.0 Å². The number of nitrogens with one attached hydrogen (secondary N) is 1. The first kappa shape index (κ1) is 27.5. The van der Waals surface area contributed by atoms with Crippen LogP contribution in [0.4, 0.5) is 10.5 Å². The van der Waals surface area contributed by atoms with Crippen molar-refractivity contribution in [3.63, 3.8) is 0 Å². The fourth-order valence-corrected chi connectivity index (χ4v) is 5.30. The summed E-state index contributed by atoms with van der Waals surface area (Å²) in [5, 5.41) is 2.89. The third kappa shape index (κ3) is 7.95. The summed E-state index contributed by atoms with van der Waals surface area (Å²) in [6.07, 6.45) is 1.39. The average Bonchev–Trinajstić information content (AvgIpc) is 3.08. The molecule has 1 atom stereocenters. The van der Waals surface area contributed by atoms with Gasteiger partial charge in [0.15, 0.2) is 4.80 Å². The SMILES string of the molecule is CCOC(=O)/N=c1/sc2cc(NC(C)=O)c(OCCC(C)CC(C)(C)C)cc2n1Cc1ccccc1. The van der Waals surface area contributed by atoms with Crippen LogP contribution >= 0.6 is 11.3 Å². The molecule has 3 rings (SSSR count). The van der Waals surface area contributed by atoms with Crippen LogP contribution in [0.25, 0.3) is 10.2 Å². The van der Waals surface area contributed by atoms with Gasteiger partial charge in [0.2, 0.25) is 5.91 Å². The third-order valence-corrected chi connectivity index (χ3v) is 6.60. The number of nitrogens with zero attached hydrogens (tertiary/aromatic N) is 2. The van der Waals surface area contributed by atoms with E-state index in [1.54, 1.807) is 6.92 Å². The number of carbonyl (C=O) groups is 2. The predicted octanol–water partition coefficient (Wildman–Crippen LogP) is 6.61. The summed E-state index contributed by atoms with van der Waals surface area (Å²) in [4.78, 5) is 28.9. The van der Waals surface area contributed by atoms with Gasteiger partial charge in [-0.25, -0.2) is 4.79 Å². The average molecular weight is 512 g/mol. The molecular weight excluding hydrogens is 474 g/mol. The lowest BCUT2D eigenvalue weighted by Gasteiger charge is -2.23. The van der Waals surface area contributed by atoms with Gasteiger partial charge in [-0.1, -0.05) is 69.4 Å². The van der Waals surface area contributed by atoms with Crippen molar-refractivity contribution in [2.75, 3.05) is 18.5 Å². The zero-order valence-electron chi connectivity index (χ0n) is 22.1. The molecule has 0 fully saturated rings. The molecule has 0 saturated heterocycles. The summed E-state index contributed by atoms with van der Waals surface area (Å²) in [5.41, 5.74) is 2.82. The minimum absolute atomic E-state index is 0.176. The van der Waals surface area contributed by atoms with E-state index >= 15 is 0 Å². The Kier molecular flexibility index (Phi) is 9.31. The van der Waals surface area contributed by atoms with Crippen LogP contribution in [0.15, 0.2) is 47.5 Å². The number of benzene rings is 2. The Morgan fingerprint density at radius 2 is 1.89 bits per heavy atom. The molecule has 1 heterocycles. The van der Waals surface area contributed by atoms with Crippen LogP contribution in [0.1, 0.15) is 59.9 Å². The number of thiazole rings is 1. The topological polar surface area (TPSA) is 81.9 Å². The molecule has 1 N–H and O–H groups in total. The Bertz CT molecular complexity index is 1260. The lowest BCUT2D eigenvalue weighted by molar-refractivity contribution is -0.114. The summed E-state index contributed by atoms with van der Waals surface area (Å²) >= 11 is 1.37. The Morgan fingerprint density at radius 1 is 1.17 bits per heavy atom. The van der Waals surface area contributed by atoms with Crippen LogP contribution in [0.5, 0.6) is 5.75 Å². The summed E-state index contributed by atoms with van der Waals surface area (Å²) < 4.78 is 14.1. The van der Waals surface area contributed by atoms with Gasteiger partial charge in [-0.3, -0.25) is 4.79 Å². The fourth-order valence-electron chi connectivity index (χ4n) is 4.26. The monoisotopic (exact) mass is 511 g/mol. The van der Waals surface area contributed by atoms with Crippen molar-refractivity contribution in [1.29, 1.82) is 0 Å². The van der Waals surface area contributed by atoms with Crippen LogP contribution in [0.2, 0.25) is 0 Å². The number of amides is 2. The number of ether oxygens (including phenoxy) is 2. The number of fused-ring (bicyclic) bond motifs is 1. The van der Waals surface area contributed by atoms with E-state index in [2.05, 4.69) is 38.0 Å². The molecule has 2 aromatic carbocycles. The van der Waals surface area contributed by atoms with Crippen molar-refractivity contribution >= 4 is 39.2 Å². The van der Waals surface area contributed by atoms with Crippen LogP contribution in [-0.2, 0) is 16.1 Å². The zero-order valence-corrected chi connectivity index (χ0v) is 22.9. The standard InChI is InChI=1S/C28H37N3O4S/c1-7-34-27(33)30-26-31(18-21-11-9-8-10-12-21)23-16-24(22(29-20(3)32)15-25(23)36-26)35-14-13-19(2)17-28(4,5)6/h8-12,15-16,19H,7,13-14,17-18H2,1-6H3,(H,29,32)/b30-26+. The molecular formula is C28H37N3O4S. The number of anilines is 1. The van der Waals surface area contributed by atoms with Crippen LogP contribution in [0.3, 0.4) is 0 Å². The van der Waals surface area contributed by atoms with Crippen molar-refractivity contribution in [3.05, 3.63) is 52.8 Å². The summed E-state index contributed by atoms with van der Waals surface area (Å²) in [6, 6.07) is 13.8. The van der Waals surface area contributed by atoms with Gasteiger partial charge in [0.05, 0.1) is 35.7 Å². The van der Waals surface area contributed by atoms with E-state index in [0.717, 1.165) is 28.6 Å². The molecule has 7 nitrogen and oxygen atoms in total. The first-order chi connectivity index (χ1) is 17.1. The van der Waals surface area contributed by atoms with Gasteiger partial charge in [-0.2, -0.15) is 0 Å². The molecule has 0 radical (unpaired) electrons. The van der Waals surface area contributed by atoms with E-state index in [1.165, 1.54) is 18.3 Å². The van der Waals surface area contributed by atoms with Gasteiger partial charge in [-0.05, 0) is 42.7 Å². The molecule has 1 unspecified atom stereocenters. The van der Waals surface area contributed by atoms with E-state index in [-0.39, 0.29) is 17.9 Å². The number of carbonyl (C=O) groups excluding carboxylic acids is 2. The first-order valence-corrected chi connectivity index (χ1v) is 13.2. The highest BCUT2D eigenvalue weighted by atomic mass is 32.1. The molecule has 8 heteroatoms. The van der Waals surface area contributed by atoms with E-state index in [9.17, 15) is 9.59 Å². The van der Waals surface area contributed by atoms with Gasteiger partial charge < -0.3 is 19.4 Å². The van der Waals surface area contributed by atoms with Gasteiger partial charge in [0.1, 0.15) is 5.75 Å². The second kappa shape index (κ2) is 12.2. The maximum Gasteiger partial charge on any atom is 0.436 e. The second-order valence-corrected chi connectivity index (χ2v) is 11.3. The highest BCUT2D eigenvalue weighted by molar-refractivity contribution is 7.16. The smallest absolute Gasteiger partial charge is 0.436 e. The molecule has 0 aliphatic heterocycles. The molecule has 194 valence electrons. The number of rotatable bonds is 9. The van der Waals surface area contributed by atoms with Crippen LogP contribution in [-0.4, -0.2) is 29.8 Å². The normalized spacial score (nSPS) is 13.0. The maximum absolute atomic E-state index is 12.2. The molecule has 36 heavy (non-hydrogen) atoms. The molecule has 0 bridgehead atoms. The summed E-state index contributed by atoms with van der Waals surface area (Å²) in [5.74, 6) is 0.936. The number of aromatic nitrogens is 1. The van der Waals surface area contributed by atoms with Crippen molar-refractivity contribution in [2.45, 2.75) is 60.9 Å². The molecule has 0 aliphatic carbocycles. The van der Waals surface area contributed by atoms with Crippen molar-refractivity contribution in [3.8, 4) is 5.75 Å². The molecule has 0 saturated carbocycles. The van der Waals surface area contributed by atoms with E-state index < -0.39 is 6.09 Å². The minimum Gasteiger partial charge on any atom is -0.491 e. The second-order valence-electron chi connectivity index (χ2n) is 10.3. The molecule has 3 aromatic rings. The fraction of sp³-hybridized carbons (Fsp3) is 0.464. The molecule has 2 amide bonds.